The van der Waals surface area contributed by atoms with Crippen LogP contribution in [0.4, 0.5) is 27.6 Å². The van der Waals surface area contributed by atoms with E-state index in [-0.39, 0.29) is 5.56 Å². The maximum atomic E-state index is 13.8. The smallest absolute Gasteiger partial charge is 0.200 e. The van der Waals surface area contributed by atoms with Gasteiger partial charge < -0.3 is 4.90 Å². The fourth-order valence-corrected chi connectivity index (χ4v) is 1.92. The molecule has 0 heterocycles. The van der Waals surface area contributed by atoms with Gasteiger partial charge in [-0.25, -0.2) is 22.0 Å². The van der Waals surface area contributed by atoms with Crippen LogP contribution in [0.25, 0.3) is 11.1 Å². The molecule has 20 heavy (non-hydrogen) atoms. The van der Waals surface area contributed by atoms with E-state index in [4.69, 9.17) is 0 Å². The van der Waals surface area contributed by atoms with Crippen molar-refractivity contribution in [3.05, 3.63) is 53.4 Å². The van der Waals surface area contributed by atoms with Crippen molar-refractivity contribution in [1.29, 1.82) is 0 Å². The minimum atomic E-state index is -2.16. The molecule has 1 nitrogen and oxygen atoms in total. The lowest BCUT2D eigenvalue weighted by Crippen LogP contribution is -2.11. The molecular weight excluding hydrogens is 277 g/mol. The average Bonchev–Trinajstić information content (AvgIpc) is 2.43. The van der Waals surface area contributed by atoms with Gasteiger partial charge in [-0.05, 0) is 6.07 Å². The second-order valence-corrected chi connectivity index (χ2v) is 4.36. The Bertz CT molecular complexity index is 638. The maximum Gasteiger partial charge on any atom is 0.200 e. The van der Waals surface area contributed by atoms with Crippen LogP contribution in [0.1, 0.15) is 0 Å². The fraction of sp³-hybridized carbons (Fsp3) is 0.143. The molecule has 0 saturated heterocycles. The lowest BCUT2D eigenvalue weighted by molar-refractivity contribution is 0.381. The summed E-state index contributed by atoms with van der Waals surface area (Å²) in [6.07, 6.45) is 0. The van der Waals surface area contributed by atoms with E-state index in [1.807, 2.05) is 0 Å². The highest BCUT2D eigenvalue weighted by Gasteiger charge is 2.27. The number of para-hydroxylation sites is 1. The number of nitrogens with zero attached hydrogens (tertiary/aromatic N) is 1. The van der Waals surface area contributed by atoms with Crippen LogP contribution in [0.2, 0.25) is 0 Å². The SMILES string of the molecule is CN(C)c1ccccc1-c1c(F)c(F)c(F)c(F)c1F. The molecule has 0 aliphatic heterocycles. The van der Waals surface area contributed by atoms with Crippen LogP contribution in [0, 0.1) is 29.1 Å². The van der Waals surface area contributed by atoms with Gasteiger partial charge in [0.2, 0.25) is 5.82 Å². The Hall–Kier alpha value is -2.11. The number of hydrogen-bond acceptors (Lipinski definition) is 1. The molecule has 0 aliphatic rings. The molecule has 2 rings (SSSR count). The highest BCUT2D eigenvalue weighted by atomic mass is 19.2. The number of halogens is 5. The van der Waals surface area contributed by atoms with Crippen LogP contribution in [-0.4, -0.2) is 14.1 Å². The molecule has 0 atom stereocenters. The van der Waals surface area contributed by atoms with Crippen molar-refractivity contribution in [2.24, 2.45) is 0 Å². The Labute approximate surface area is 112 Å². The lowest BCUT2D eigenvalue weighted by Gasteiger charge is -2.18. The molecule has 0 saturated carbocycles. The van der Waals surface area contributed by atoms with E-state index in [0.717, 1.165) is 0 Å². The van der Waals surface area contributed by atoms with Gasteiger partial charge in [0.25, 0.3) is 0 Å². The third-order valence-electron chi connectivity index (χ3n) is 2.86. The minimum Gasteiger partial charge on any atom is -0.377 e. The monoisotopic (exact) mass is 287 g/mol. The van der Waals surface area contributed by atoms with Gasteiger partial charge in [0.15, 0.2) is 23.3 Å². The zero-order valence-corrected chi connectivity index (χ0v) is 10.6. The van der Waals surface area contributed by atoms with Crippen molar-refractivity contribution in [2.75, 3.05) is 19.0 Å². The lowest BCUT2D eigenvalue weighted by atomic mass is 10.0. The summed E-state index contributed by atoms with van der Waals surface area (Å²) in [4.78, 5) is 1.52. The van der Waals surface area contributed by atoms with Gasteiger partial charge in [0.1, 0.15) is 0 Å². The summed E-state index contributed by atoms with van der Waals surface area (Å²) in [6, 6.07) is 5.88. The summed E-state index contributed by atoms with van der Waals surface area (Å²) in [6.45, 7) is 0. The van der Waals surface area contributed by atoms with Crippen molar-refractivity contribution in [2.45, 2.75) is 0 Å². The van der Waals surface area contributed by atoms with E-state index in [0.29, 0.717) is 5.69 Å². The zero-order valence-electron chi connectivity index (χ0n) is 10.6. The molecule has 0 amide bonds. The summed E-state index contributed by atoms with van der Waals surface area (Å²) < 4.78 is 67.1. The summed E-state index contributed by atoms with van der Waals surface area (Å²) in [7, 11) is 3.20. The maximum absolute atomic E-state index is 13.8. The molecule has 0 aromatic heterocycles. The summed E-state index contributed by atoms with van der Waals surface area (Å²) in [5.41, 5.74) is -0.647. The Kier molecular flexibility index (Phi) is 3.65. The molecular formula is C14H10F5N. The first-order chi connectivity index (χ1) is 9.36. The molecule has 0 aliphatic carbocycles. The Balaban J connectivity index is 2.84. The van der Waals surface area contributed by atoms with E-state index >= 15 is 0 Å². The minimum absolute atomic E-state index is 0.0645. The molecule has 2 aromatic carbocycles. The molecule has 0 unspecified atom stereocenters. The van der Waals surface area contributed by atoms with Crippen molar-refractivity contribution < 1.29 is 22.0 Å². The Morgan fingerprint density at radius 1 is 0.700 bits per heavy atom. The molecule has 0 spiro atoms. The molecule has 0 N–H and O–H groups in total. The topological polar surface area (TPSA) is 3.24 Å². The second kappa shape index (κ2) is 5.11. The van der Waals surface area contributed by atoms with E-state index < -0.39 is 34.6 Å². The third kappa shape index (κ3) is 2.11. The number of rotatable bonds is 2. The number of benzene rings is 2. The summed E-state index contributed by atoms with van der Waals surface area (Å²) >= 11 is 0. The zero-order chi connectivity index (χ0) is 15.0. The quantitative estimate of drug-likeness (QED) is 0.456. The summed E-state index contributed by atoms with van der Waals surface area (Å²) in [5, 5.41) is 0. The second-order valence-electron chi connectivity index (χ2n) is 4.36. The van der Waals surface area contributed by atoms with Crippen LogP contribution in [0.3, 0.4) is 0 Å². The predicted octanol–water partition coefficient (Wildman–Crippen LogP) is 4.12. The Morgan fingerprint density at radius 3 is 1.65 bits per heavy atom. The van der Waals surface area contributed by atoms with Gasteiger partial charge in [0, 0.05) is 25.3 Å². The fourth-order valence-electron chi connectivity index (χ4n) is 1.92. The molecule has 106 valence electrons. The number of anilines is 1. The summed E-state index contributed by atoms with van der Waals surface area (Å²) in [5.74, 6) is -9.74. The van der Waals surface area contributed by atoms with Crippen LogP contribution < -0.4 is 4.90 Å². The number of hydrogen-bond donors (Lipinski definition) is 0. The largest absolute Gasteiger partial charge is 0.377 e. The first-order valence-electron chi connectivity index (χ1n) is 5.64. The van der Waals surface area contributed by atoms with Gasteiger partial charge in [-0.1, -0.05) is 18.2 Å². The van der Waals surface area contributed by atoms with E-state index in [1.165, 1.54) is 23.1 Å². The Morgan fingerprint density at radius 2 is 1.15 bits per heavy atom. The van der Waals surface area contributed by atoms with E-state index in [9.17, 15) is 22.0 Å². The van der Waals surface area contributed by atoms with Crippen molar-refractivity contribution >= 4 is 5.69 Å². The van der Waals surface area contributed by atoms with Crippen LogP contribution in [-0.2, 0) is 0 Å². The van der Waals surface area contributed by atoms with Gasteiger partial charge in [-0.2, -0.15) is 0 Å². The molecule has 0 bridgehead atoms. The molecule has 2 aromatic rings. The van der Waals surface area contributed by atoms with Crippen molar-refractivity contribution in [3.8, 4) is 11.1 Å². The van der Waals surface area contributed by atoms with Crippen LogP contribution >= 0.6 is 0 Å². The first kappa shape index (κ1) is 14.3. The highest BCUT2D eigenvalue weighted by Crippen LogP contribution is 2.36. The standard InChI is InChI=1S/C14H10F5N/c1-20(2)8-6-4-3-5-7(8)9-10(15)12(17)14(19)13(18)11(9)16/h3-6H,1-2H3. The van der Waals surface area contributed by atoms with E-state index in [1.54, 1.807) is 20.2 Å². The molecule has 0 fully saturated rings. The molecule has 6 heteroatoms. The average molecular weight is 287 g/mol. The molecule has 0 radical (unpaired) electrons. The van der Waals surface area contributed by atoms with Crippen LogP contribution in [0.5, 0.6) is 0 Å². The van der Waals surface area contributed by atoms with Gasteiger partial charge >= 0.3 is 0 Å². The van der Waals surface area contributed by atoms with Gasteiger partial charge in [0.05, 0.1) is 5.56 Å². The third-order valence-corrected chi connectivity index (χ3v) is 2.86. The highest BCUT2D eigenvalue weighted by molar-refractivity contribution is 5.79. The first-order valence-corrected chi connectivity index (χ1v) is 5.64. The van der Waals surface area contributed by atoms with Crippen molar-refractivity contribution in [1.82, 2.24) is 0 Å². The van der Waals surface area contributed by atoms with Crippen LogP contribution in [0.15, 0.2) is 24.3 Å². The normalized spacial score (nSPS) is 10.8. The van der Waals surface area contributed by atoms with E-state index in [2.05, 4.69) is 0 Å². The predicted molar refractivity (Wildman–Crippen MR) is 66.0 cm³/mol. The van der Waals surface area contributed by atoms with Crippen molar-refractivity contribution in [3.63, 3.8) is 0 Å². The van der Waals surface area contributed by atoms with Gasteiger partial charge in [-0.15, -0.1) is 0 Å². The van der Waals surface area contributed by atoms with Gasteiger partial charge in [-0.3, -0.25) is 0 Å².